The molecule has 1 unspecified atom stereocenters. The van der Waals surface area contributed by atoms with Crippen molar-refractivity contribution in [3.8, 4) is 17.2 Å². The molecule has 0 aliphatic carbocycles. The van der Waals surface area contributed by atoms with Gasteiger partial charge in [-0.25, -0.2) is 0 Å². The van der Waals surface area contributed by atoms with Crippen LogP contribution in [0.1, 0.15) is 18.5 Å². The summed E-state index contributed by atoms with van der Waals surface area (Å²) in [6.45, 7) is 2.03. The minimum Gasteiger partial charge on any atom is -0.496 e. The van der Waals surface area contributed by atoms with Crippen LogP contribution in [-0.2, 0) is 0 Å². The molecule has 0 radical (unpaired) electrons. The molecule has 2 aromatic rings. The Hall–Kier alpha value is -1.42. The minimum atomic E-state index is 0.0640. The summed E-state index contributed by atoms with van der Waals surface area (Å²) in [7, 11) is 3.52. The van der Waals surface area contributed by atoms with E-state index in [9.17, 15) is 0 Å². The van der Waals surface area contributed by atoms with Gasteiger partial charge in [0.25, 0.3) is 0 Å². The third kappa shape index (κ3) is 3.62. The Bertz CT molecular complexity index is 632. The molecule has 0 amide bonds. The Labute approximate surface area is 134 Å². The van der Waals surface area contributed by atoms with Gasteiger partial charge in [-0.15, -0.1) is 0 Å². The Morgan fingerprint density at radius 2 is 1.76 bits per heavy atom. The predicted octanol–water partition coefficient (Wildman–Crippen LogP) is 5.07. The zero-order chi connectivity index (χ0) is 15.4. The maximum absolute atomic E-state index is 6.16. The summed E-state index contributed by atoms with van der Waals surface area (Å²) in [5, 5.41) is 4.26. The normalized spacial score (nSPS) is 12.0. The number of hydrogen-bond acceptors (Lipinski definition) is 3. The average Bonchev–Trinajstić information content (AvgIpc) is 2.49. The van der Waals surface area contributed by atoms with Gasteiger partial charge < -0.3 is 14.8 Å². The smallest absolute Gasteiger partial charge is 0.147 e. The van der Waals surface area contributed by atoms with Crippen LogP contribution in [0.25, 0.3) is 0 Å². The summed E-state index contributed by atoms with van der Waals surface area (Å²) >= 11 is 12.2. The molecule has 0 saturated heterocycles. The third-order valence-corrected chi connectivity index (χ3v) is 3.77. The summed E-state index contributed by atoms with van der Waals surface area (Å²) in [6.07, 6.45) is 0. The molecule has 0 aromatic heterocycles. The Balaban J connectivity index is 2.46. The van der Waals surface area contributed by atoms with Crippen LogP contribution >= 0.6 is 23.2 Å². The van der Waals surface area contributed by atoms with Crippen molar-refractivity contribution in [3.05, 3.63) is 52.0 Å². The van der Waals surface area contributed by atoms with Crippen molar-refractivity contribution in [2.24, 2.45) is 0 Å². The van der Waals surface area contributed by atoms with Crippen molar-refractivity contribution >= 4 is 23.2 Å². The number of rotatable bonds is 5. The van der Waals surface area contributed by atoms with Gasteiger partial charge >= 0.3 is 0 Å². The molecule has 5 heteroatoms. The van der Waals surface area contributed by atoms with Gasteiger partial charge in [0.05, 0.1) is 17.7 Å². The lowest BCUT2D eigenvalue weighted by Crippen LogP contribution is -2.14. The first-order valence-electron chi connectivity index (χ1n) is 6.54. The van der Waals surface area contributed by atoms with Crippen molar-refractivity contribution in [2.75, 3.05) is 14.2 Å². The van der Waals surface area contributed by atoms with E-state index in [4.69, 9.17) is 32.7 Å². The van der Waals surface area contributed by atoms with Crippen LogP contribution in [-0.4, -0.2) is 14.2 Å². The number of methoxy groups -OCH3 is 1. The van der Waals surface area contributed by atoms with Crippen molar-refractivity contribution in [1.82, 2.24) is 5.32 Å². The van der Waals surface area contributed by atoms with E-state index in [1.807, 2.05) is 32.2 Å². The molecule has 0 aliphatic rings. The quantitative estimate of drug-likeness (QED) is 0.831. The fourth-order valence-electron chi connectivity index (χ4n) is 2.04. The third-order valence-electron chi connectivity index (χ3n) is 3.23. The average molecular weight is 326 g/mol. The van der Waals surface area contributed by atoms with E-state index >= 15 is 0 Å². The molecule has 3 nitrogen and oxygen atoms in total. The van der Waals surface area contributed by atoms with Gasteiger partial charge in [0.2, 0.25) is 0 Å². The fraction of sp³-hybridized carbons (Fsp3) is 0.250. The number of ether oxygens (including phenoxy) is 2. The van der Waals surface area contributed by atoms with Crippen molar-refractivity contribution in [3.63, 3.8) is 0 Å². The van der Waals surface area contributed by atoms with E-state index in [0.29, 0.717) is 21.5 Å². The second-order valence-corrected chi connectivity index (χ2v) is 5.40. The van der Waals surface area contributed by atoms with E-state index in [1.54, 1.807) is 25.3 Å². The van der Waals surface area contributed by atoms with Crippen molar-refractivity contribution in [2.45, 2.75) is 13.0 Å². The molecule has 21 heavy (non-hydrogen) atoms. The SMILES string of the molecule is CNC(C)c1c(OC)cccc1Oc1cc(Cl)ccc1Cl. The first-order valence-corrected chi connectivity index (χ1v) is 7.29. The van der Waals surface area contributed by atoms with Crippen molar-refractivity contribution in [1.29, 1.82) is 0 Å². The van der Waals surface area contributed by atoms with Crippen LogP contribution in [0.2, 0.25) is 10.0 Å². The number of hydrogen-bond donors (Lipinski definition) is 1. The molecule has 1 atom stereocenters. The summed E-state index contributed by atoms with van der Waals surface area (Å²) < 4.78 is 11.4. The summed E-state index contributed by atoms with van der Waals surface area (Å²) in [5.74, 6) is 1.95. The van der Waals surface area contributed by atoms with Crippen LogP contribution < -0.4 is 14.8 Å². The molecule has 0 fully saturated rings. The Kier molecular flexibility index (Phi) is 5.34. The first-order chi connectivity index (χ1) is 10.1. The topological polar surface area (TPSA) is 30.5 Å². The Morgan fingerprint density at radius 3 is 2.43 bits per heavy atom. The highest BCUT2D eigenvalue weighted by Gasteiger charge is 2.17. The molecule has 0 bridgehead atoms. The molecule has 0 saturated carbocycles. The minimum absolute atomic E-state index is 0.0640. The molecule has 112 valence electrons. The first kappa shape index (κ1) is 16.0. The number of nitrogens with one attached hydrogen (secondary N) is 1. The lowest BCUT2D eigenvalue weighted by Gasteiger charge is -2.19. The maximum atomic E-state index is 6.16. The van der Waals surface area contributed by atoms with Gasteiger partial charge in [0, 0.05) is 17.1 Å². The summed E-state index contributed by atoms with van der Waals surface area (Å²) in [5.41, 5.74) is 0.929. The van der Waals surface area contributed by atoms with Crippen LogP contribution in [0.4, 0.5) is 0 Å². The van der Waals surface area contributed by atoms with E-state index in [0.717, 1.165) is 11.3 Å². The van der Waals surface area contributed by atoms with Gasteiger partial charge in [0.15, 0.2) is 0 Å². The van der Waals surface area contributed by atoms with Crippen molar-refractivity contribution < 1.29 is 9.47 Å². The van der Waals surface area contributed by atoms with E-state index in [1.165, 1.54) is 0 Å². The van der Waals surface area contributed by atoms with E-state index in [-0.39, 0.29) is 6.04 Å². The molecule has 2 rings (SSSR count). The molecule has 0 aliphatic heterocycles. The summed E-state index contributed by atoms with van der Waals surface area (Å²) in [6, 6.07) is 10.8. The van der Waals surface area contributed by atoms with Gasteiger partial charge in [0.1, 0.15) is 17.2 Å². The Morgan fingerprint density at radius 1 is 1.05 bits per heavy atom. The highest BCUT2D eigenvalue weighted by atomic mass is 35.5. The maximum Gasteiger partial charge on any atom is 0.147 e. The highest BCUT2D eigenvalue weighted by molar-refractivity contribution is 6.34. The second kappa shape index (κ2) is 7.03. The van der Waals surface area contributed by atoms with Crippen LogP contribution in [0.15, 0.2) is 36.4 Å². The molecule has 2 aromatic carbocycles. The van der Waals surface area contributed by atoms with E-state index < -0.39 is 0 Å². The van der Waals surface area contributed by atoms with Gasteiger partial charge in [-0.3, -0.25) is 0 Å². The van der Waals surface area contributed by atoms with Gasteiger partial charge in [-0.2, -0.15) is 0 Å². The predicted molar refractivity (Wildman–Crippen MR) is 87.0 cm³/mol. The molecule has 0 spiro atoms. The lowest BCUT2D eigenvalue weighted by atomic mass is 10.1. The summed E-state index contributed by atoms with van der Waals surface area (Å²) in [4.78, 5) is 0. The molecule has 1 N–H and O–H groups in total. The number of halogens is 2. The standard InChI is InChI=1S/C16H17Cl2NO2/c1-10(19-2)16-13(20-3)5-4-6-14(16)21-15-9-11(17)7-8-12(15)18/h4-10,19H,1-3H3. The lowest BCUT2D eigenvalue weighted by molar-refractivity contribution is 0.393. The zero-order valence-electron chi connectivity index (χ0n) is 12.1. The largest absolute Gasteiger partial charge is 0.496 e. The molecular weight excluding hydrogens is 309 g/mol. The monoisotopic (exact) mass is 325 g/mol. The highest BCUT2D eigenvalue weighted by Crippen LogP contribution is 2.39. The molecular formula is C16H17Cl2NO2. The second-order valence-electron chi connectivity index (χ2n) is 4.56. The van der Waals surface area contributed by atoms with Crippen LogP contribution in [0.3, 0.4) is 0 Å². The van der Waals surface area contributed by atoms with Gasteiger partial charge in [-0.1, -0.05) is 29.3 Å². The van der Waals surface area contributed by atoms with Gasteiger partial charge in [-0.05, 0) is 38.2 Å². The van der Waals surface area contributed by atoms with E-state index in [2.05, 4.69) is 5.32 Å². The molecule has 0 heterocycles. The van der Waals surface area contributed by atoms with Crippen LogP contribution in [0, 0.1) is 0 Å². The number of benzene rings is 2. The fourth-order valence-corrected chi connectivity index (χ4v) is 2.35. The van der Waals surface area contributed by atoms with Crippen LogP contribution in [0.5, 0.6) is 17.2 Å². The zero-order valence-corrected chi connectivity index (χ0v) is 13.6.